The molecule has 5 nitrogen and oxygen atoms in total. The van der Waals surface area contributed by atoms with Crippen molar-refractivity contribution in [2.75, 3.05) is 19.0 Å². The lowest BCUT2D eigenvalue weighted by molar-refractivity contribution is -0.154. The predicted octanol–water partition coefficient (Wildman–Crippen LogP) is 4.75. The van der Waals surface area contributed by atoms with Crippen LogP contribution in [-0.2, 0) is 14.3 Å². The maximum absolute atomic E-state index is 12.5. The van der Waals surface area contributed by atoms with Gasteiger partial charge < -0.3 is 14.8 Å². The Morgan fingerprint density at radius 3 is 2.32 bits per heavy atom. The molecule has 28 heavy (non-hydrogen) atoms. The van der Waals surface area contributed by atoms with Gasteiger partial charge in [0.1, 0.15) is 5.75 Å². The summed E-state index contributed by atoms with van der Waals surface area (Å²) in [6, 6.07) is 3.40. The molecule has 4 aliphatic rings. The highest BCUT2D eigenvalue weighted by Gasteiger charge is 2.51. The van der Waals surface area contributed by atoms with Crippen LogP contribution in [0.4, 0.5) is 5.69 Å². The van der Waals surface area contributed by atoms with E-state index < -0.39 is 0 Å². The number of rotatable bonds is 6. The van der Waals surface area contributed by atoms with Crippen LogP contribution in [0.1, 0.15) is 50.5 Å². The number of methoxy groups -OCH3 is 1. The molecule has 0 heterocycles. The maximum Gasteiger partial charge on any atom is 0.306 e. The molecule has 1 aromatic rings. The van der Waals surface area contributed by atoms with Gasteiger partial charge in [0.05, 0.1) is 19.2 Å². The van der Waals surface area contributed by atoms with Crippen molar-refractivity contribution < 1.29 is 19.1 Å². The third kappa shape index (κ3) is 4.00. The van der Waals surface area contributed by atoms with Crippen LogP contribution in [-0.4, -0.2) is 25.6 Å². The molecule has 0 unspecified atom stereocenters. The van der Waals surface area contributed by atoms with E-state index in [9.17, 15) is 9.59 Å². The van der Waals surface area contributed by atoms with E-state index in [1.165, 1.54) is 26.4 Å². The van der Waals surface area contributed by atoms with E-state index in [1.54, 1.807) is 12.1 Å². The summed E-state index contributed by atoms with van der Waals surface area (Å²) in [5, 5.41) is 3.31. The van der Waals surface area contributed by atoms with Crippen molar-refractivity contribution in [1.29, 1.82) is 0 Å². The summed E-state index contributed by atoms with van der Waals surface area (Å²) in [4.78, 5) is 24.7. The molecule has 4 fully saturated rings. The second-order valence-corrected chi connectivity index (χ2v) is 9.51. The third-order valence-corrected chi connectivity index (χ3v) is 7.21. The Kier molecular flexibility index (Phi) is 5.30. The van der Waals surface area contributed by atoms with Crippen molar-refractivity contribution in [3.8, 4) is 5.75 Å². The van der Waals surface area contributed by atoms with Gasteiger partial charge in [-0.2, -0.15) is 0 Å². The Labute approximate surface area is 171 Å². The molecule has 0 aliphatic heterocycles. The molecule has 0 radical (unpaired) electrons. The molecule has 0 aromatic heterocycles. The van der Waals surface area contributed by atoms with Crippen molar-refractivity contribution in [2.45, 2.75) is 51.9 Å². The van der Waals surface area contributed by atoms with Crippen LogP contribution in [0, 0.1) is 30.1 Å². The summed E-state index contributed by atoms with van der Waals surface area (Å²) in [5.41, 5.74) is 1.47. The number of carbonyl (C=O) groups excluding carboxylic acids is 2. The highest BCUT2D eigenvalue weighted by atomic mass is 35.5. The fourth-order valence-corrected chi connectivity index (χ4v) is 6.28. The van der Waals surface area contributed by atoms with Gasteiger partial charge in [0.25, 0.3) is 5.91 Å². The summed E-state index contributed by atoms with van der Waals surface area (Å²) in [6.07, 6.45) is 7.95. The number of aryl methyl sites for hydroxylation is 1. The van der Waals surface area contributed by atoms with Crippen molar-refractivity contribution in [2.24, 2.45) is 23.2 Å². The first-order valence-electron chi connectivity index (χ1n) is 10.2. The summed E-state index contributed by atoms with van der Waals surface area (Å²) >= 11 is 6.09. The molecule has 4 bridgehead atoms. The lowest BCUT2D eigenvalue weighted by Gasteiger charge is -2.56. The van der Waals surface area contributed by atoms with Crippen molar-refractivity contribution in [3.63, 3.8) is 0 Å². The van der Waals surface area contributed by atoms with Gasteiger partial charge in [-0.15, -0.1) is 0 Å². The number of halogens is 1. The van der Waals surface area contributed by atoms with Gasteiger partial charge in [-0.05, 0) is 80.2 Å². The monoisotopic (exact) mass is 405 g/mol. The molecule has 6 heteroatoms. The molecule has 0 saturated heterocycles. The number of carbonyl (C=O) groups is 2. The normalized spacial score (nSPS) is 30.2. The van der Waals surface area contributed by atoms with E-state index in [1.807, 2.05) is 6.92 Å². The summed E-state index contributed by atoms with van der Waals surface area (Å²) in [7, 11) is 1.52. The summed E-state index contributed by atoms with van der Waals surface area (Å²) in [5.74, 6) is 2.23. The first-order valence-corrected chi connectivity index (χ1v) is 10.5. The fourth-order valence-electron chi connectivity index (χ4n) is 6.13. The molecule has 152 valence electrons. The Morgan fingerprint density at radius 2 is 1.75 bits per heavy atom. The first kappa shape index (κ1) is 19.6. The molecule has 1 aromatic carbocycles. The Bertz CT molecular complexity index is 756. The molecule has 1 amide bonds. The van der Waals surface area contributed by atoms with Crippen molar-refractivity contribution in [3.05, 3.63) is 22.7 Å². The van der Waals surface area contributed by atoms with Crippen LogP contribution in [0.15, 0.2) is 12.1 Å². The number of hydrogen-bond acceptors (Lipinski definition) is 4. The third-order valence-electron chi connectivity index (χ3n) is 6.80. The van der Waals surface area contributed by atoms with Crippen LogP contribution in [0.3, 0.4) is 0 Å². The average molecular weight is 406 g/mol. The van der Waals surface area contributed by atoms with Crippen molar-refractivity contribution in [1.82, 2.24) is 0 Å². The fraction of sp³-hybridized carbons (Fsp3) is 0.636. The smallest absolute Gasteiger partial charge is 0.306 e. The van der Waals surface area contributed by atoms with Crippen LogP contribution >= 0.6 is 11.6 Å². The molecule has 1 N–H and O–H groups in total. The average Bonchev–Trinajstić information content (AvgIpc) is 2.61. The van der Waals surface area contributed by atoms with E-state index in [-0.39, 0.29) is 23.9 Å². The number of nitrogens with one attached hydrogen (secondary N) is 1. The summed E-state index contributed by atoms with van der Waals surface area (Å²) < 4.78 is 10.6. The topological polar surface area (TPSA) is 64.6 Å². The van der Waals surface area contributed by atoms with E-state index in [4.69, 9.17) is 21.1 Å². The number of amides is 1. The maximum atomic E-state index is 12.5. The van der Waals surface area contributed by atoms with Crippen LogP contribution < -0.4 is 10.1 Å². The molecule has 0 spiro atoms. The van der Waals surface area contributed by atoms with Gasteiger partial charge in [-0.3, -0.25) is 9.59 Å². The zero-order valence-electron chi connectivity index (χ0n) is 16.6. The quantitative estimate of drug-likeness (QED) is 0.694. The standard InChI is InChI=1S/C22H28ClNO4/c1-13-3-18(19(27-2)7-17(13)23)24-20(25)12-28-21(26)11-22-8-14-4-15(9-22)6-16(5-14)10-22/h3,7,14-16H,4-6,8-12H2,1-2H3,(H,24,25). The van der Waals surface area contributed by atoms with E-state index in [0.717, 1.165) is 42.6 Å². The van der Waals surface area contributed by atoms with Gasteiger partial charge in [-0.25, -0.2) is 0 Å². The minimum absolute atomic E-state index is 0.124. The van der Waals surface area contributed by atoms with Crippen LogP contribution in [0.25, 0.3) is 0 Å². The van der Waals surface area contributed by atoms with E-state index in [0.29, 0.717) is 22.9 Å². The van der Waals surface area contributed by atoms with Gasteiger partial charge in [0.15, 0.2) is 6.61 Å². The highest BCUT2D eigenvalue weighted by Crippen LogP contribution is 2.61. The number of esters is 1. The van der Waals surface area contributed by atoms with E-state index >= 15 is 0 Å². The molecular formula is C22H28ClNO4. The second-order valence-electron chi connectivity index (χ2n) is 9.10. The molecular weight excluding hydrogens is 378 g/mol. The Hall–Kier alpha value is -1.75. The lowest BCUT2D eigenvalue weighted by Crippen LogP contribution is -2.47. The van der Waals surface area contributed by atoms with Crippen LogP contribution in [0.2, 0.25) is 5.02 Å². The predicted molar refractivity (Wildman–Crippen MR) is 108 cm³/mol. The van der Waals surface area contributed by atoms with Crippen molar-refractivity contribution >= 4 is 29.2 Å². The zero-order chi connectivity index (χ0) is 19.9. The zero-order valence-corrected chi connectivity index (χ0v) is 17.3. The van der Waals surface area contributed by atoms with Gasteiger partial charge in [0, 0.05) is 11.1 Å². The SMILES string of the molecule is COc1cc(Cl)c(C)cc1NC(=O)COC(=O)CC12CC3CC(CC(C3)C1)C2. The minimum Gasteiger partial charge on any atom is -0.495 e. The van der Waals surface area contributed by atoms with Gasteiger partial charge in [0.2, 0.25) is 0 Å². The summed E-state index contributed by atoms with van der Waals surface area (Å²) in [6.45, 7) is 1.57. The molecule has 4 saturated carbocycles. The lowest BCUT2D eigenvalue weighted by atomic mass is 9.49. The minimum atomic E-state index is -0.376. The number of benzene rings is 1. The van der Waals surface area contributed by atoms with Crippen LogP contribution in [0.5, 0.6) is 5.75 Å². The largest absolute Gasteiger partial charge is 0.495 e. The number of ether oxygens (including phenoxy) is 2. The Morgan fingerprint density at radius 1 is 1.14 bits per heavy atom. The molecule has 4 aliphatic carbocycles. The Balaban J connectivity index is 1.31. The first-order chi connectivity index (χ1) is 13.4. The second kappa shape index (κ2) is 7.58. The number of anilines is 1. The molecule has 0 atom stereocenters. The van der Waals surface area contributed by atoms with E-state index in [2.05, 4.69) is 5.32 Å². The highest BCUT2D eigenvalue weighted by molar-refractivity contribution is 6.31. The molecule has 5 rings (SSSR count). The van der Waals surface area contributed by atoms with Gasteiger partial charge >= 0.3 is 5.97 Å². The number of hydrogen-bond donors (Lipinski definition) is 1. The van der Waals surface area contributed by atoms with Gasteiger partial charge in [-0.1, -0.05) is 11.6 Å².